The molecule has 0 saturated carbocycles. The number of rotatable bonds is 4. The fraction of sp³-hybridized carbons (Fsp3) is 0.133. The van der Waals surface area contributed by atoms with E-state index in [4.69, 9.17) is 14.6 Å². The molecule has 0 fully saturated rings. The lowest BCUT2D eigenvalue weighted by Gasteiger charge is -2.00. The van der Waals surface area contributed by atoms with Crippen LogP contribution in [0.1, 0.15) is 33.4 Å². The number of aromatic nitrogens is 1. The first-order valence-corrected chi connectivity index (χ1v) is 6.54. The summed E-state index contributed by atoms with van der Waals surface area (Å²) in [6, 6.07) is 7.34. The number of furan rings is 1. The molecule has 3 N–H and O–H groups in total. The van der Waals surface area contributed by atoms with E-state index >= 15 is 0 Å². The van der Waals surface area contributed by atoms with Gasteiger partial charge < -0.3 is 14.6 Å². The number of hydrogen-bond donors (Lipinski definition) is 2. The van der Waals surface area contributed by atoms with Crippen molar-refractivity contribution in [3.05, 3.63) is 41.2 Å². The van der Waals surface area contributed by atoms with E-state index in [1.54, 1.807) is 19.1 Å². The largest absolute Gasteiger partial charge is 0.444 e. The molecular formula is C15H13N3O4. The first-order chi connectivity index (χ1) is 10.5. The van der Waals surface area contributed by atoms with E-state index in [2.05, 4.69) is 10.3 Å². The third-order valence-electron chi connectivity index (χ3n) is 3.20. The van der Waals surface area contributed by atoms with Gasteiger partial charge in [0, 0.05) is 0 Å². The Kier molecular flexibility index (Phi) is 3.17. The highest BCUT2D eigenvalue weighted by molar-refractivity contribution is 6.10. The van der Waals surface area contributed by atoms with Crippen molar-refractivity contribution >= 4 is 34.7 Å². The van der Waals surface area contributed by atoms with E-state index in [9.17, 15) is 9.59 Å². The molecule has 0 spiro atoms. The third kappa shape index (κ3) is 2.22. The molecule has 0 aliphatic rings. The fourth-order valence-electron chi connectivity index (χ4n) is 2.31. The molecule has 7 nitrogen and oxygen atoms in total. The van der Waals surface area contributed by atoms with Crippen LogP contribution in [-0.4, -0.2) is 16.7 Å². The number of hydrogen-bond acceptors (Lipinski definition) is 6. The number of nitrogens with one attached hydrogen (secondary N) is 1. The van der Waals surface area contributed by atoms with Crippen molar-refractivity contribution in [3.8, 4) is 0 Å². The average molecular weight is 299 g/mol. The van der Waals surface area contributed by atoms with E-state index in [0.717, 1.165) is 0 Å². The Morgan fingerprint density at radius 1 is 1.18 bits per heavy atom. The molecule has 0 aliphatic carbocycles. The highest BCUT2D eigenvalue weighted by atomic mass is 16.4. The molecule has 112 valence electrons. The van der Waals surface area contributed by atoms with Crippen molar-refractivity contribution in [2.24, 2.45) is 5.73 Å². The van der Waals surface area contributed by atoms with Gasteiger partial charge in [0.15, 0.2) is 11.4 Å². The number of aryl methyl sites for hydroxylation is 1. The molecule has 2 aromatic heterocycles. The van der Waals surface area contributed by atoms with E-state index in [1.807, 2.05) is 12.1 Å². The van der Waals surface area contributed by atoms with E-state index in [0.29, 0.717) is 16.9 Å². The Labute approximate surface area is 125 Å². The number of anilines is 2. The minimum Gasteiger partial charge on any atom is -0.444 e. The van der Waals surface area contributed by atoms with Crippen LogP contribution in [0.5, 0.6) is 0 Å². The number of carbonyl (C=O) groups excluding carboxylic acids is 2. The summed E-state index contributed by atoms with van der Waals surface area (Å²) < 4.78 is 10.9. The summed E-state index contributed by atoms with van der Waals surface area (Å²) in [6.07, 6.45) is 0. The predicted molar refractivity (Wildman–Crippen MR) is 79.3 cm³/mol. The van der Waals surface area contributed by atoms with Crippen molar-refractivity contribution in [2.45, 2.75) is 13.8 Å². The molecule has 0 atom stereocenters. The molecule has 0 saturated heterocycles. The highest BCUT2D eigenvalue weighted by Gasteiger charge is 2.26. The van der Waals surface area contributed by atoms with E-state index in [-0.39, 0.29) is 28.8 Å². The van der Waals surface area contributed by atoms with Gasteiger partial charge in [0.05, 0.1) is 5.56 Å². The number of carbonyl (C=O) groups is 2. The average Bonchev–Trinajstić information content (AvgIpc) is 2.98. The molecule has 22 heavy (non-hydrogen) atoms. The predicted octanol–water partition coefficient (Wildman–Crippen LogP) is 2.77. The lowest BCUT2D eigenvalue weighted by molar-refractivity contribution is 0.0974. The van der Waals surface area contributed by atoms with E-state index < -0.39 is 5.91 Å². The number of ketones is 1. The second-order valence-corrected chi connectivity index (χ2v) is 4.77. The summed E-state index contributed by atoms with van der Waals surface area (Å²) in [7, 11) is 0. The fourth-order valence-corrected chi connectivity index (χ4v) is 2.31. The maximum absolute atomic E-state index is 11.7. The Hall–Kier alpha value is -3.09. The van der Waals surface area contributed by atoms with Gasteiger partial charge in [-0.05, 0) is 26.0 Å². The standard InChI is InChI=1S/C15H13N3O4/c1-7(19)11-8(2)21-14(12(11)13(16)20)18-15-17-9-5-3-4-6-10(9)22-15/h3-6H,1-2H3,(H2,16,20)(H,17,18). The number of nitrogens with two attached hydrogens (primary N) is 1. The van der Waals surface area contributed by atoms with Crippen molar-refractivity contribution in [2.75, 3.05) is 5.32 Å². The lowest BCUT2D eigenvalue weighted by atomic mass is 10.1. The first-order valence-electron chi connectivity index (χ1n) is 6.54. The second kappa shape index (κ2) is 5.03. The summed E-state index contributed by atoms with van der Waals surface area (Å²) in [5.74, 6) is -0.719. The number of nitrogens with zero attached hydrogens (tertiary/aromatic N) is 1. The van der Waals surface area contributed by atoms with Gasteiger partial charge in [-0.3, -0.25) is 14.9 Å². The number of primary amides is 1. The molecule has 0 aliphatic heterocycles. The number of benzene rings is 1. The van der Waals surface area contributed by atoms with Crippen LogP contribution in [0.25, 0.3) is 11.1 Å². The van der Waals surface area contributed by atoms with Crippen LogP contribution in [0.4, 0.5) is 11.9 Å². The smallest absolute Gasteiger partial charge is 0.302 e. The lowest BCUT2D eigenvalue weighted by Crippen LogP contribution is -2.15. The first kappa shape index (κ1) is 13.9. The van der Waals surface area contributed by atoms with Crippen LogP contribution in [0.15, 0.2) is 33.1 Å². The molecular weight excluding hydrogens is 286 g/mol. The molecule has 1 amide bonds. The zero-order valence-corrected chi connectivity index (χ0v) is 12.0. The van der Waals surface area contributed by atoms with Crippen LogP contribution >= 0.6 is 0 Å². The SMILES string of the molecule is CC(=O)c1c(C)oc(Nc2nc3ccccc3o2)c1C(N)=O. The topological polar surface area (TPSA) is 111 Å². The molecule has 0 unspecified atom stereocenters. The molecule has 3 rings (SSSR count). The van der Waals surface area contributed by atoms with Gasteiger partial charge in [-0.2, -0.15) is 4.98 Å². The van der Waals surface area contributed by atoms with Crippen LogP contribution in [0.2, 0.25) is 0 Å². The summed E-state index contributed by atoms with van der Waals surface area (Å²) >= 11 is 0. The Bertz CT molecular complexity index is 858. The Morgan fingerprint density at radius 2 is 1.91 bits per heavy atom. The minimum atomic E-state index is -0.763. The normalized spacial score (nSPS) is 10.8. The van der Waals surface area contributed by atoms with Crippen molar-refractivity contribution < 1.29 is 18.4 Å². The van der Waals surface area contributed by atoms with Gasteiger partial charge in [-0.1, -0.05) is 12.1 Å². The maximum Gasteiger partial charge on any atom is 0.302 e. The summed E-state index contributed by atoms with van der Waals surface area (Å²) in [4.78, 5) is 27.5. The molecule has 0 bridgehead atoms. The zero-order chi connectivity index (χ0) is 15.9. The Balaban J connectivity index is 2.06. The monoisotopic (exact) mass is 299 g/mol. The van der Waals surface area contributed by atoms with Gasteiger partial charge >= 0.3 is 6.01 Å². The molecule has 7 heteroatoms. The highest BCUT2D eigenvalue weighted by Crippen LogP contribution is 2.30. The molecule has 3 aromatic rings. The van der Waals surface area contributed by atoms with Crippen LogP contribution in [0, 0.1) is 6.92 Å². The van der Waals surface area contributed by atoms with Gasteiger partial charge in [0.25, 0.3) is 5.91 Å². The van der Waals surface area contributed by atoms with Crippen molar-refractivity contribution in [1.82, 2.24) is 4.98 Å². The minimum absolute atomic E-state index is 0.00717. The van der Waals surface area contributed by atoms with Crippen molar-refractivity contribution in [1.29, 1.82) is 0 Å². The maximum atomic E-state index is 11.7. The van der Waals surface area contributed by atoms with Gasteiger partial charge in [-0.15, -0.1) is 0 Å². The Morgan fingerprint density at radius 3 is 2.55 bits per heavy atom. The number of amides is 1. The van der Waals surface area contributed by atoms with E-state index in [1.165, 1.54) is 6.92 Å². The van der Waals surface area contributed by atoms with Crippen LogP contribution in [-0.2, 0) is 0 Å². The molecule has 2 heterocycles. The summed E-state index contributed by atoms with van der Waals surface area (Å²) in [5.41, 5.74) is 6.74. The number of oxazole rings is 1. The number of Topliss-reactive ketones (excluding diaryl/α,β-unsaturated/α-hetero) is 1. The van der Waals surface area contributed by atoms with Crippen LogP contribution in [0.3, 0.4) is 0 Å². The number of fused-ring (bicyclic) bond motifs is 1. The van der Waals surface area contributed by atoms with Crippen LogP contribution < -0.4 is 11.1 Å². The van der Waals surface area contributed by atoms with Crippen molar-refractivity contribution in [3.63, 3.8) is 0 Å². The molecule has 1 aromatic carbocycles. The van der Waals surface area contributed by atoms with Gasteiger partial charge in [-0.25, -0.2) is 0 Å². The zero-order valence-electron chi connectivity index (χ0n) is 12.0. The summed E-state index contributed by atoms with van der Waals surface area (Å²) in [5, 5.41) is 2.76. The number of para-hydroxylation sites is 2. The second-order valence-electron chi connectivity index (χ2n) is 4.77. The quantitative estimate of drug-likeness (QED) is 0.716. The van der Waals surface area contributed by atoms with Gasteiger partial charge in [0.1, 0.15) is 16.8 Å². The third-order valence-corrected chi connectivity index (χ3v) is 3.20. The van der Waals surface area contributed by atoms with Gasteiger partial charge in [0.2, 0.25) is 5.88 Å². The molecule has 0 radical (unpaired) electrons. The summed E-state index contributed by atoms with van der Waals surface area (Å²) in [6.45, 7) is 2.92.